The molecule has 1 N–H and O–H groups in total. The predicted octanol–water partition coefficient (Wildman–Crippen LogP) is 2.39. The first-order valence-corrected chi connectivity index (χ1v) is 8.05. The lowest BCUT2D eigenvalue weighted by atomic mass is 10.2. The minimum absolute atomic E-state index is 0.581. The lowest BCUT2D eigenvalue weighted by Crippen LogP contribution is -2.03. The first-order valence-electron chi connectivity index (χ1n) is 6.32. The third-order valence-corrected chi connectivity index (χ3v) is 3.59. The van der Waals surface area contributed by atoms with Crippen molar-refractivity contribution in [3.63, 3.8) is 0 Å². The first kappa shape index (κ1) is 13.8. The fourth-order valence-corrected chi connectivity index (χ4v) is 2.60. The normalized spacial score (nSPS) is 12.3. The highest BCUT2D eigenvalue weighted by Gasteiger charge is 2.04. The molecule has 2 rings (SSSR count). The summed E-state index contributed by atoms with van der Waals surface area (Å²) >= 11 is 0. The second-order valence-electron chi connectivity index (χ2n) is 4.43. The molecular formula is C14H19N3OS. The van der Waals surface area contributed by atoms with Crippen molar-refractivity contribution in [1.29, 1.82) is 0 Å². The zero-order valence-electron chi connectivity index (χ0n) is 11.3. The molecule has 0 saturated carbocycles. The van der Waals surface area contributed by atoms with E-state index >= 15 is 0 Å². The van der Waals surface area contributed by atoms with Gasteiger partial charge in [-0.2, -0.15) is 5.10 Å². The van der Waals surface area contributed by atoms with Crippen LogP contribution in [-0.4, -0.2) is 20.2 Å². The maximum Gasteiger partial charge on any atom is 0.0539 e. The maximum absolute atomic E-state index is 11.4. The van der Waals surface area contributed by atoms with Gasteiger partial charge in [0.2, 0.25) is 0 Å². The number of aromatic nitrogens is 2. The topological polar surface area (TPSA) is 46.9 Å². The molecule has 19 heavy (non-hydrogen) atoms. The van der Waals surface area contributed by atoms with E-state index in [1.54, 1.807) is 6.26 Å². The Labute approximate surface area is 116 Å². The Morgan fingerprint density at radius 2 is 2.16 bits per heavy atom. The molecule has 0 radical (unpaired) electrons. The van der Waals surface area contributed by atoms with Crippen LogP contribution in [0.25, 0.3) is 0 Å². The molecule has 0 aliphatic heterocycles. The maximum atomic E-state index is 11.4. The van der Waals surface area contributed by atoms with Crippen LogP contribution in [0.1, 0.15) is 18.1 Å². The van der Waals surface area contributed by atoms with Crippen LogP contribution in [-0.2, 0) is 29.6 Å². The average molecular weight is 277 g/mol. The quantitative estimate of drug-likeness (QED) is 0.882. The minimum Gasteiger partial charge on any atom is -0.381 e. The number of hydrogen-bond acceptors (Lipinski definition) is 3. The fourth-order valence-electron chi connectivity index (χ4n) is 1.91. The summed E-state index contributed by atoms with van der Waals surface area (Å²) in [7, 11) is -0.829. The van der Waals surface area contributed by atoms with Gasteiger partial charge in [-0.25, -0.2) is 0 Å². The number of anilines is 1. The number of benzene rings is 1. The van der Waals surface area contributed by atoms with Gasteiger partial charge in [-0.05, 0) is 18.6 Å². The van der Waals surface area contributed by atoms with Crippen molar-refractivity contribution in [2.24, 2.45) is 0 Å². The summed E-state index contributed by atoms with van der Waals surface area (Å²) in [6, 6.07) is 7.99. The Hall–Kier alpha value is -1.62. The highest BCUT2D eigenvalue weighted by atomic mass is 32.2. The molecule has 1 atom stereocenters. The molecule has 0 fully saturated rings. The van der Waals surface area contributed by atoms with Gasteiger partial charge in [0.05, 0.1) is 11.9 Å². The molecule has 1 aromatic carbocycles. The van der Waals surface area contributed by atoms with Crippen LogP contribution in [0.15, 0.2) is 36.7 Å². The highest BCUT2D eigenvalue weighted by molar-refractivity contribution is 7.83. The van der Waals surface area contributed by atoms with Crippen LogP contribution < -0.4 is 5.32 Å². The molecule has 102 valence electrons. The SMILES string of the molecule is CCn1cc(CNc2ccccc2CS(C)=O)cn1. The molecule has 0 aliphatic carbocycles. The largest absolute Gasteiger partial charge is 0.381 e. The van der Waals surface area contributed by atoms with Gasteiger partial charge in [-0.1, -0.05) is 18.2 Å². The lowest BCUT2D eigenvalue weighted by molar-refractivity contribution is 0.659. The number of rotatable bonds is 6. The van der Waals surface area contributed by atoms with E-state index in [-0.39, 0.29) is 0 Å². The van der Waals surface area contributed by atoms with Gasteiger partial charge in [0.1, 0.15) is 0 Å². The summed E-state index contributed by atoms with van der Waals surface area (Å²) in [6.07, 6.45) is 5.63. The Balaban J connectivity index is 2.04. The number of para-hydroxylation sites is 1. The van der Waals surface area contributed by atoms with Gasteiger partial charge in [-0.15, -0.1) is 0 Å². The minimum atomic E-state index is -0.829. The molecule has 1 heterocycles. The third-order valence-electron chi connectivity index (χ3n) is 2.87. The number of nitrogens with one attached hydrogen (secondary N) is 1. The van der Waals surface area contributed by atoms with E-state index in [2.05, 4.69) is 17.3 Å². The summed E-state index contributed by atoms with van der Waals surface area (Å²) in [6.45, 7) is 3.68. The van der Waals surface area contributed by atoms with E-state index in [0.717, 1.165) is 29.9 Å². The van der Waals surface area contributed by atoms with Crippen molar-refractivity contribution in [2.45, 2.75) is 25.8 Å². The Bertz CT molecular complexity index is 565. The molecule has 1 aromatic heterocycles. The zero-order chi connectivity index (χ0) is 13.7. The van der Waals surface area contributed by atoms with Gasteiger partial charge < -0.3 is 5.32 Å². The van der Waals surface area contributed by atoms with Gasteiger partial charge in [0.25, 0.3) is 0 Å². The van der Waals surface area contributed by atoms with Crippen LogP contribution in [0.3, 0.4) is 0 Å². The van der Waals surface area contributed by atoms with Crippen molar-refractivity contribution >= 4 is 16.5 Å². The standard InChI is InChI=1S/C14H19N3OS/c1-3-17-10-12(9-16-17)8-15-14-7-5-4-6-13(14)11-19(2)18/h4-7,9-10,15H,3,8,11H2,1-2H3. The zero-order valence-corrected chi connectivity index (χ0v) is 12.1. The van der Waals surface area contributed by atoms with E-state index < -0.39 is 10.8 Å². The molecule has 5 heteroatoms. The van der Waals surface area contributed by atoms with Crippen LogP contribution in [0.5, 0.6) is 0 Å². The molecule has 0 aliphatic rings. The smallest absolute Gasteiger partial charge is 0.0539 e. The van der Waals surface area contributed by atoms with Crippen LogP contribution in [0.2, 0.25) is 0 Å². The molecule has 4 nitrogen and oxygen atoms in total. The second-order valence-corrected chi connectivity index (χ2v) is 5.87. The summed E-state index contributed by atoms with van der Waals surface area (Å²) in [5, 5.41) is 7.63. The van der Waals surface area contributed by atoms with Crippen molar-refractivity contribution in [1.82, 2.24) is 9.78 Å². The fraction of sp³-hybridized carbons (Fsp3) is 0.357. The van der Waals surface area contributed by atoms with Crippen molar-refractivity contribution in [2.75, 3.05) is 11.6 Å². The highest BCUT2D eigenvalue weighted by Crippen LogP contribution is 2.17. The van der Waals surface area contributed by atoms with Gasteiger partial charge in [-0.3, -0.25) is 8.89 Å². The average Bonchev–Trinajstić information content (AvgIpc) is 2.85. The monoisotopic (exact) mass is 277 g/mol. The number of aryl methyl sites for hydroxylation is 1. The van der Waals surface area contributed by atoms with Crippen molar-refractivity contribution in [3.8, 4) is 0 Å². The molecule has 0 spiro atoms. The summed E-state index contributed by atoms with van der Waals surface area (Å²) < 4.78 is 13.3. The van der Waals surface area contributed by atoms with Gasteiger partial charge >= 0.3 is 0 Å². The first-order chi connectivity index (χ1) is 9.19. The van der Waals surface area contributed by atoms with E-state index in [0.29, 0.717) is 5.75 Å². The van der Waals surface area contributed by atoms with Gasteiger partial charge in [0, 0.05) is 47.6 Å². The number of nitrogens with zero attached hydrogens (tertiary/aromatic N) is 2. The summed E-state index contributed by atoms with van der Waals surface area (Å²) in [5.74, 6) is 0.581. The van der Waals surface area contributed by atoms with E-state index in [4.69, 9.17) is 0 Å². The molecule has 1 unspecified atom stereocenters. The van der Waals surface area contributed by atoms with E-state index in [9.17, 15) is 4.21 Å². The molecule has 0 bridgehead atoms. The Morgan fingerprint density at radius 3 is 2.84 bits per heavy atom. The Morgan fingerprint density at radius 1 is 1.37 bits per heavy atom. The third kappa shape index (κ3) is 3.92. The van der Waals surface area contributed by atoms with Gasteiger partial charge in [0.15, 0.2) is 0 Å². The van der Waals surface area contributed by atoms with Crippen LogP contribution >= 0.6 is 0 Å². The number of hydrogen-bond donors (Lipinski definition) is 1. The summed E-state index contributed by atoms with van der Waals surface area (Å²) in [5.41, 5.74) is 3.28. The predicted molar refractivity (Wildman–Crippen MR) is 79.4 cm³/mol. The Kier molecular flexibility index (Phi) is 4.74. The molecule has 0 amide bonds. The van der Waals surface area contributed by atoms with E-state index in [1.165, 1.54) is 0 Å². The second kappa shape index (κ2) is 6.52. The lowest BCUT2D eigenvalue weighted by Gasteiger charge is -2.10. The molecular weight excluding hydrogens is 258 g/mol. The summed E-state index contributed by atoms with van der Waals surface area (Å²) in [4.78, 5) is 0. The van der Waals surface area contributed by atoms with Crippen molar-refractivity contribution in [3.05, 3.63) is 47.8 Å². The van der Waals surface area contributed by atoms with Crippen LogP contribution in [0.4, 0.5) is 5.69 Å². The molecule has 0 saturated heterocycles. The van der Waals surface area contributed by atoms with Crippen LogP contribution in [0, 0.1) is 0 Å². The van der Waals surface area contributed by atoms with E-state index in [1.807, 2.05) is 41.3 Å². The van der Waals surface area contributed by atoms with Crippen molar-refractivity contribution < 1.29 is 4.21 Å². The molecule has 2 aromatic rings.